The van der Waals surface area contributed by atoms with E-state index in [2.05, 4.69) is 39.1 Å². The van der Waals surface area contributed by atoms with E-state index in [1.165, 1.54) is 6.42 Å². The van der Waals surface area contributed by atoms with Gasteiger partial charge >= 0.3 is 0 Å². The highest BCUT2D eigenvalue weighted by atomic mass is 16.2. The molecule has 1 spiro atoms. The Hall–Kier alpha value is -2.77. The molecule has 4 N–H and O–H groups in total. The zero-order valence-corrected chi connectivity index (χ0v) is 18.0. The van der Waals surface area contributed by atoms with Crippen LogP contribution in [-0.4, -0.2) is 54.6 Å². The standard InChI is InChI=1S/C22H33N7O/c1-16(2)19(30)28-14-12-27(13-15-28)17-6-8-18(9-7-17)29-21(24)25-20(23)26-22(29)10-4-3-5-11-22/h6-9,16H,3-5,10-15H2,1-2H3,(H4,23,24,25,26). The van der Waals surface area contributed by atoms with Crippen LogP contribution in [-0.2, 0) is 4.79 Å². The molecule has 0 radical (unpaired) electrons. The Morgan fingerprint density at radius 2 is 1.57 bits per heavy atom. The lowest BCUT2D eigenvalue weighted by atomic mass is 9.87. The second-order valence-electron chi connectivity index (χ2n) is 8.80. The molecule has 8 nitrogen and oxygen atoms in total. The maximum Gasteiger partial charge on any atom is 0.225 e. The van der Waals surface area contributed by atoms with Crippen LogP contribution in [0.3, 0.4) is 0 Å². The van der Waals surface area contributed by atoms with E-state index in [9.17, 15) is 4.79 Å². The van der Waals surface area contributed by atoms with E-state index in [4.69, 9.17) is 16.5 Å². The van der Waals surface area contributed by atoms with Crippen LogP contribution in [0.1, 0.15) is 46.0 Å². The lowest BCUT2D eigenvalue weighted by Crippen LogP contribution is -2.58. The number of rotatable bonds is 3. The third-order valence-corrected chi connectivity index (χ3v) is 6.41. The summed E-state index contributed by atoms with van der Waals surface area (Å²) in [6.07, 6.45) is 5.29. The Morgan fingerprint density at radius 3 is 2.17 bits per heavy atom. The molecule has 30 heavy (non-hydrogen) atoms. The fourth-order valence-corrected chi connectivity index (χ4v) is 4.86. The lowest BCUT2D eigenvalue weighted by molar-refractivity contribution is -0.134. The number of hydrogen-bond donors (Lipinski definition) is 2. The maximum absolute atomic E-state index is 12.2. The SMILES string of the molecule is CC(C)C(=O)N1CCN(c2ccc(N3C(N)=NC(N)=NC34CCCCC4)cc2)CC1. The highest BCUT2D eigenvalue weighted by Crippen LogP contribution is 2.39. The van der Waals surface area contributed by atoms with Gasteiger partial charge in [-0.2, -0.15) is 4.99 Å². The van der Waals surface area contributed by atoms with E-state index >= 15 is 0 Å². The van der Waals surface area contributed by atoms with E-state index < -0.39 is 5.66 Å². The molecule has 0 atom stereocenters. The minimum atomic E-state index is -0.418. The summed E-state index contributed by atoms with van der Waals surface area (Å²) in [7, 11) is 0. The van der Waals surface area contributed by atoms with Crippen molar-refractivity contribution < 1.29 is 4.79 Å². The summed E-state index contributed by atoms with van der Waals surface area (Å²) in [6.45, 7) is 7.13. The number of carbonyl (C=O) groups is 1. The number of carbonyl (C=O) groups excluding carboxylic acids is 1. The fourth-order valence-electron chi connectivity index (χ4n) is 4.86. The van der Waals surface area contributed by atoms with Crippen molar-refractivity contribution in [3.05, 3.63) is 24.3 Å². The number of hydrogen-bond acceptors (Lipinski definition) is 7. The van der Waals surface area contributed by atoms with Crippen molar-refractivity contribution in [1.82, 2.24) is 4.90 Å². The van der Waals surface area contributed by atoms with Gasteiger partial charge in [-0.15, -0.1) is 0 Å². The molecule has 1 aliphatic carbocycles. The zero-order valence-electron chi connectivity index (χ0n) is 18.0. The molecule has 4 rings (SSSR count). The van der Waals surface area contributed by atoms with Gasteiger partial charge in [-0.1, -0.05) is 20.3 Å². The molecule has 1 saturated carbocycles. The number of benzene rings is 1. The van der Waals surface area contributed by atoms with Gasteiger partial charge in [0.2, 0.25) is 17.8 Å². The van der Waals surface area contributed by atoms with Gasteiger partial charge in [0.15, 0.2) is 0 Å². The van der Waals surface area contributed by atoms with Gasteiger partial charge in [0.05, 0.1) is 0 Å². The maximum atomic E-state index is 12.2. The molecule has 2 heterocycles. The molecule has 0 unspecified atom stereocenters. The van der Waals surface area contributed by atoms with Gasteiger partial charge in [-0.3, -0.25) is 9.69 Å². The van der Waals surface area contributed by atoms with Crippen molar-refractivity contribution in [3.8, 4) is 0 Å². The topological polar surface area (TPSA) is 104 Å². The number of aliphatic imine (C=N–C) groups is 2. The summed E-state index contributed by atoms with van der Waals surface area (Å²) in [5.41, 5.74) is 14.0. The summed E-state index contributed by atoms with van der Waals surface area (Å²) in [4.78, 5) is 27.6. The third kappa shape index (κ3) is 3.82. The summed E-state index contributed by atoms with van der Waals surface area (Å²) >= 11 is 0. The zero-order chi connectivity index (χ0) is 21.3. The molecule has 0 bridgehead atoms. The van der Waals surface area contributed by atoms with Crippen molar-refractivity contribution in [1.29, 1.82) is 0 Å². The van der Waals surface area contributed by atoms with E-state index in [1.54, 1.807) is 0 Å². The molecule has 0 aromatic heterocycles. The molecule has 3 aliphatic rings. The number of guanidine groups is 2. The van der Waals surface area contributed by atoms with Crippen molar-refractivity contribution in [2.75, 3.05) is 36.0 Å². The van der Waals surface area contributed by atoms with E-state index in [0.717, 1.165) is 63.2 Å². The molecule has 162 valence electrons. The van der Waals surface area contributed by atoms with Crippen LogP contribution in [0.2, 0.25) is 0 Å². The van der Waals surface area contributed by atoms with Gasteiger partial charge in [0.25, 0.3) is 0 Å². The van der Waals surface area contributed by atoms with Crippen molar-refractivity contribution in [3.63, 3.8) is 0 Å². The predicted molar refractivity (Wildman–Crippen MR) is 122 cm³/mol. The highest BCUT2D eigenvalue weighted by Gasteiger charge is 2.42. The molecular weight excluding hydrogens is 378 g/mol. The van der Waals surface area contributed by atoms with Crippen LogP contribution in [0.15, 0.2) is 34.3 Å². The predicted octanol–water partition coefficient (Wildman–Crippen LogP) is 2.10. The number of nitrogens with zero attached hydrogens (tertiary/aromatic N) is 5. The normalized spacial score (nSPS) is 21.6. The summed E-state index contributed by atoms with van der Waals surface area (Å²) in [6, 6.07) is 8.44. The van der Waals surface area contributed by atoms with Gasteiger partial charge < -0.3 is 21.3 Å². The molecule has 2 aliphatic heterocycles. The summed E-state index contributed by atoms with van der Waals surface area (Å²) < 4.78 is 0. The molecule has 1 aromatic rings. The van der Waals surface area contributed by atoms with Crippen molar-refractivity contribution in [2.24, 2.45) is 27.4 Å². The average Bonchev–Trinajstić information content (AvgIpc) is 2.74. The monoisotopic (exact) mass is 411 g/mol. The van der Waals surface area contributed by atoms with Crippen molar-refractivity contribution in [2.45, 2.75) is 51.6 Å². The Morgan fingerprint density at radius 1 is 0.967 bits per heavy atom. The van der Waals surface area contributed by atoms with Crippen LogP contribution in [0.4, 0.5) is 11.4 Å². The number of nitrogens with two attached hydrogens (primary N) is 2. The molecule has 1 amide bonds. The van der Waals surface area contributed by atoms with E-state index in [0.29, 0.717) is 5.96 Å². The number of piperazine rings is 1. The third-order valence-electron chi connectivity index (χ3n) is 6.41. The first-order chi connectivity index (χ1) is 14.4. The van der Waals surface area contributed by atoms with Gasteiger partial charge in [0, 0.05) is 43.5 Å². The Labute approximate surface area is 178 Å². The largest absolute Gasteiger partial charge is 0.369 e. The molecule has 8 heteroatoms. The molecule has 1 aromatic carbocycles. The quantitative estimate of drug-likeness (QED) is 0.793. The fraction of sp³-hybridized carbons (Fsp3) is 0.591. The van der Waals surface area contributed by atoms with Crippen molar-refractivity contribution >= 4 is 29.2 Å². The lowest BCUT2D eigenvalue weighted by Gasteiger charge is -2.45. The molecule has 2 fully saturated rings. The first kappa shape index (κ1) is 20.5. The summed E-state index contributed by atoms with van der Waals surface area (Å²) in [5, 5.41) is 0. The van der Waals surface area contributed by atoms with E-state index in [1.807, 2.05) is 18.7 Å². The number of amides is 1. The first-order valence-corrected chi connectivity index (χ1v) is 11.0. The Bertz CT molecular complexity index is 832. The minimum absolute atomic E-state index is 0.0521. The second-order valence-corrected chi connectivity index (χ2v) is 8.80. The molecular formula is C22H33N7O. The smallest absolute Gasteiger partial charge is 0.225 e. The summed E-state index contributed by atoms with van der Waals surface area (Å²) in [5.74, 6) is 0.979. The molecule has 1 saturated heterocycles. The van der Waals surface area contributed by atoms with Crippen LogP contribution < -0.4 is 21.3 Å². The minimum Gasteiger partial charge on any atom is -0.369 e. The van der Waals surface area contributed by atoms with Gasteiger partial charge in [0.1, 0.15) is 5.66 Å². The highest BCUT2D eigenvalue weighted by molar-refractivity contribution is 6.05. The second kappa shape index (κ2) is 8.16. The Kier molecular flexibility index (Phi) is 5.58. The van der Waals surface area contributed by atoms with Crippen LogP contribution in [0, 0.1) is 5.92 Å². The van der Waals surface area contributed by atoms with Gasteiger partial charge in [-0.25, -0.2) is 4.99 Å². The van der Waals surface area contributed by atoms with E-state index in [-0.39, 0.29) is 17.8 Å². The number of anilines is 2. The van der Waals surface area contributed by atoms with Crippen LogP contribution in [0.5, 0.6) is 0 Å². The first-order valence-electron chi connectivity index (χ1n) is 11.0. The van der Waals surface area contributed by atoms with Crippen LogP contribution >= 0.6 is 0 Å². The Balaban J connectivity index is 1.50. The van der Waals surface area contributed by atoms with Gasteiger partial charge in [-0.05, 0) is 49.9 Å². The van der Waals surface area contributed by atoms with Crippen LogP contribution in [0.25, 0.3) is 0 Å². The average molecular weight is 412 g/mol.